The van der Waals surface area contributed by atoms with Crippen molar-refractivity contribution in [2.75, 3.05) is 13.7 Å². The van der Waals surface area contributed by atoms with Crippen LogP contribution in [0.25, 0.3) is 10.8 Å². The number of esters is 1. The SMILES string of the molecule is C=C[C@@H]1C[C@]1(CC(=O)[C@@H]1C[C@@H](Oc2nccc3cc(OC)ccc23)CN1C(=O)[C@@H](CC(=O)OC(C)(C)C)C1CCCCC1)C(=O)NS(=O)(=O)OC1(CCC)CC1. The molecule has 5 atom stereocenters. The molecule has 306 valence electrons. The van der Waals surface area contributed by atoms with Crippen LogP contribution in [0.1, 0.15) is 111 Å². The van der Waals surface area contributed by atoms with E-state index >= 15 is 0 Å². The molecule has 56 heavy (non-hydrogen) atoms. The van der Waals surface area contributed by atoms with Gasteiger partial charge in [-0.15, -0.1) is 6.58 Å². The molecule has 1 aromatic heterocycles. The number of methoxy groups -OCH3 is 1. The summed E-state index contributed by atoms with van der Waals surface area (Å²) in [5, 5.41) is 1.56. The number of rotatable bonds is 17. The normalized spacial score (nSPS) is 25.2. The van der Waals surface area contributed by atoms with Crippen LogP contribution < -0.4 is 14.2 Å². The van der Waals surface area contributed by atoms with E-state index in [2.05, 4.69) is 16.3 Å². The lowest BCUT2D eigenvalue weighted by Crippen LogP contribution is -2.48. The maximum Gasteiger partial charge on any atom is 0.362 e. The van der Waals surface area contributed by atoms with E-state index in [9.17, 15) is 27.6 Å². The molecule has 1 aliphatic heterocycles. The summed E-state index contributed by atoms with van der Waals surface area (Å²) in [5.41, 5.74) is -2.92. The number of ether oxygens (including phenoxy) is 3. The second-order valence-electron chi connectivity index (χ2n) is 17.2. The maximum absolute atomic E-state index is 14.8. The molecule has 3 saturated carbocycles. The molecular formula is C42H57N3O10S. The number of nitrogens with one attached hydrogen (secondary N) is 1. The number of benzene rings is 1. The zero-order valence-corrected chi connectivity index (χ0v) is 34.2. The van der Waals surface area contributed by atoms with E-state index in [1.165, 1.54) is 4.90 Å². The van der Waals surface area contributed by atoms with E-state index in [0.29, 0.717) is 30.9 Å². The van der Waals surface area contributed by atoms with Crippen LogP contribution in [0.4, 0.5) is 0 Å². The lowest BCUT2D eigenvalue weighted by molar-refractivity contribution is -0.160. The predicted molar refractivity (Wildman–Crippen MR) is 209 cm³/mol. The van der Waals surface area contributed by atoms with Crippen molar-refractivity contribution in [3.05, 3.63) is 43.1 Å². The van der Waals surface area contributed by atoms with Crippen molar-refractivity contribution in [1.29, 1.82) is 0 Å². The van der Waals surface area contributed by atoms with E-state index in [1.54, 1.807) is 46.2 Å². The summed E-state index contributed by atoms with van der Waals surface area (Å²) in [7, 11) is -2.87. The van der Waals surface area contributed by atoms with Crippen LogP contribution in [0, 0.1) is 23.2 Å². The van der Waals surface area contributed by atoms with Gasteiger partial charge in [-0.3, -0.25) is 19.2 Å². The van der Waals surface area contributed by atoms with E-state index < -0.39 is 68.6 Å². The summed E-state index contributed by atoms with van der Waals surface area (Å²) in [5.74, 6) is -2.30. The lowest BCUT2D eigenvalue weighted by Gasteiger charge is -2.34. The Morgan fingerprint density at radius 3 is 2.46 bits per heavy atom. The Kier molecular flexibility index (Phi) is 12.2. The third-order valence-electron chi connectivity index (χ3n) is 11.9. The number of carbonyl (C=O) groups is 4. The fourth-order valence-electron chi connectivity index (χ4n) is 8.76. The highest BCUT2D eigenvalue weighted by atomic mass is 32.2. The molecule has 1 saturated heterocycles. The van der Waals surface area contributed by atoms with Crippen LogP contribution in [-0.4, -0.2) is 78.9 Å². The Balaban J connectivity index is 1.28. The van der Waals surface area contributed by atoms with Gasteiger partial charge in [0.05, 0.1) is 43.1 Å². The minimum Gasteiger partial charge on any atom is -0.497 e. The number of nitrogens with zero attached hydrogens (tertiary/aromatic N) is 2. The van der Waals surface area contributed by atoms with Gasteiger partial charge in [-0.05, 0) is 101 Å². The second-order valence-corrected chi connectivity index (χ2v) is 18.5. The van der Waals surface area contributed by atoms with Gasteiger partial charge in [0, 0.05) is 24.4 Å². The van der Waals surface area contributed by atoms with Gasteiger partial charge in [-0.2, -0.15) is 8.42 Å². The summed E-state index contributed by atoms with van der Waals surface area (Å²) in [6.45, 7) is 11.2. The number of hydrogen-bond acceptors (Lipinski definition) is 11. The first-order valence-electron chi connectivity index (χ1n) is 20.1. The maximum atomic E-state index is 14.8. The molecule has 1 N–H and O–H groups in total. The third-order valence-corrected chi connectivity index (χ3v) is 12.9. The standard InChI is InChI=1S/C42H57N3O10S/c1-7-17-41(18-19-41)55-56(50,51)44-39(49)42(24-29(42)8-2)25-35(46)34-22-31(53-37-32-15-14-30(52-6)21-28(32)16-20-43-37)26-45(34)38(48)33(27-12-10-9-11-13-27)23-36(47)54-40(3,4)5/h8,14-16,20-21,27,29,31,33-34H,2,7,9-13,17-19,22-26H2,1,3-6H3,(H,44,49)/t29-,31-,33+,34+,42-/m1/s1. The minimum atomic E-state index is -4.45. The number of fused-ring (bicyclic) bond motifs is 1. The Bertz CT molecular complexity index is 1930. The number of carbonyl (C=O) groups excluding carboxylic acids is 4. The van der Waals surface area contributed by atoms with Crippen molar-refractivity contribution >= 4 is 44.6 Å². The Morgan fingerprint density at radius 2 is 1.84 bits per heavy atom. The van der Waals surface area contributed by atoms with Gasteiger partial charge in [-0.25, -0.2) is 13.9 Å². The summed E-state index contributed by atoms with van der Waals surface area (Å²) in [6, 6.07) is 6.33. The average molecular weight is 796 g/mol. The summed E-state index contributed by atoms with van der Waals surface area (Å²) in [6.07, 6.45) is 9.32. The lowest BCUT2D eigenvalue weighted by atomic mass is 9.77. The molecule has 14 heteroatoms. The van der Waals surface area contributed by atoms with Gasteiger partial charge in [0.25, 0.3) is 0 Å². The van der Waals surface area contributed by atoms with Crippen LogP contribution in [0.3, 0.4) is 0 Å². The molecule has 4 aliphatic rings. The average Bonchev–Trinajstić information content (AvgIpc) is 4.02. The molecule has 6 rings (SSSR count). The predicted octanol–water partition coefficient (Wildman–Crippen LogP) is 6.38. The molecule has 0 unspecified atom stereocenters. The van der Waals surface area contributed by atoms with Crippen LogP contribution >= 0.6 is 0 Å². The molecular weight excluding hydrogens is 739 g/mol. The van der Waals surface area contributed by atoms with Crippen LogP contribution in [0.5, 0.6) is 11.6 Å². The highest BCUT2D eigenvalue weighted by Crippen LogP contribution is 2.57. The number of amides is 2. The molecule has 2 amide bonds. The number of hydrogen-bond donors (Lipinski definition) is 1. The molecule has 2 aromatic rings. The number of likely N-dealkylation sites (tertiary alicyclic amines) is 1. The fraction of sp³-hybridized carbons (Fsp3) is 0.643. The van der Waals surface area contributed by atoms with E-state index in [0.717, 1.165) is 49.3 Å². The molecule has 4 fully saturated rings. The van der Waals surface area contributed by atoms with Crippen LogP contribution in [0.2, 0.25) is 0 Å². The highest BCUT2D eigenvalue weighted by Gasteiger charge is 2.61. The first-order chi connectivity index (χ1) is 26.5. The van der Waals surface area contributed by atoms with Crippen molar-refractivity contribution in [1.82, 2.24) is 14.6 Å². The molecule has 1 aromatic carbocycles. The molecule has 3 aliphatic carbocycles. The van der Waals surface area contributed by atoms with Crippen LogP contribution in [0.15, 0.2) is 43.1 Å². The first-order valence-corrected chi connectivity index (χ1v) is 21.5. The smallest absolute Gasteiger partial charge is 0.362 e. The number of Topliss-reactive ketones (excluding diaryl/α,β-unsaturated/α-hetero) is 1. The Labute approximate surface area is 330 Å². The summed E-state index contributed by atoms with van der Waals surface area (Å²) >= 11 is 0. The number of allylic oxidation sites excluding steroid dienone is 1. The minimum absolute atomic E-state index is 0.0484. The van der Waals surface area contributed by atoms with E-state index in [1.807, 2.05) is 25.1 Å². The van der Waals surface area contributed by atoms with Gasteiger partial charge in [0.1, 0.15) is 17.5 Å². The highest BCUT2D eigenvalue weighted by molar-refractivity contribution is 7.85. The third kappa shape index (κ3) is 9.55. The van der Waals surface area contributed by atoms with Gasteiger partial charge < -0.3 is 19.1 Å². The molecule has 13 nitrogen and oxygen atoms in total. The number of aromatic nitrogens is 1. The molecule has 0 spiro atoms. The number of ketones is 1. The monoisotopic (exact) mass is 795 g/mol. The van der Waals surface area contributed by atoms with Gasteiger partial charge in [-0.1, -0.05) is 38.7 Å². The van der Waals surface area contributed by atoms with E-state index in [4.69, 9.17) is 18.4 Å². The molecule has 0 bridgehead atoms. The summed E-state index contributed by atoms with van der Waals surface area (Å²) < 4.78 is 51.3. The van der Waals surface area contributed by atoms with Crippen molar-refractivity contribution in [3.63, 3.8) is 0 Å². The number of pyridine rings is 1. The van der Waals surface area contributed by atoms with Gasteiger partial charge in [0.2, 0.25) is 17.7 Å². The molecule has 0 radical (unpaired) electrons. The zero-order chi connectivity index (χ0) is 40.5. The quantitative estimate of drug-likeness (QED) is 0.139. The van der Waals surface area contributed by atoms with Gasteiger partial charge >= 0.3 is 16.3 Å². The van der Waals surface area contributed by atoms with Crippen LogP contribution in [-0.2, 0) is 38.4 Å². The first kappa shape index (κ1) is 41.6. The molecule has 2 heterocycles. The van der Waals surface area contributed by atoms with Crippen molar-refractivity contribution in [3.8, 4) is 11.6 Å². The summed E-state index contributed by atoms with van der Waals surface area (Å²) in [4.78, 5) is 62.6. The second kappa shape index (κ2) is 16.4. The zero-order valence-electron chi connectivity index (χ0n) is 33.3. The van der Waals surface area contributed by atoms with E-state index in [-0.39, 0.29) is 44.1 Å². The Morgan fingerprint density at radius 1 is 1.11 bits per heavy atom. The van der Waals surface area contributed by atoms with Crippen molar-refractivity contribution in [2.45, 2.75) is 135 Å². The topological polar surface area (TPSA) is 168 Å². The Hall–Kier alpha value is -4.04. The largest absolute Gasteiger partial charge is 0.497 e. The van der Waals surface area contributed by atoms with Gasteiger partial charge in [0.15, 0.2) is 5.78 Å². The van der Waals surface area contributed by atoms with Crippen molar-refractivity contribution in [2.24, 2.45) is 23.2 Å². The fourth-order valence-corrected chi connectivity index (χ4v) is 9.95. The van der Waals surface area contributed by atoms with Crippen molar-refractivity contribution < 1.29 is 46.0 Å².